The zero-order valence-electron chi connectivity index (χ0n) is 15.1. The number of fused-ring (bicyclic) bond motifs is 3. The fourth-order valence-corrected chi connectivity index (χ4v) is 3.02. The number of anilines is 1. The van der Waals surface area contributed by atoms with Gasteiger partial charge in [-0.3, -0.25) is 0 Å². The molecule has 0 fully saturated rings. The quantitative estimate of drug-likeness (QED) is 0.487. The smallest absolute Gasteiger partial charge is 0.404 e. The first kappa shape index (κ1) is 18.9. The first-order valence-corrected chi connectivity index (χ1v) is 8.68. The van der Waals surface area contributed by atoms with Gasteiger partial charge in [0.15, 0.2) is 5.82 Å². The van der Waals surface area contributed by atoms with Gasteiger partial charge in [0.05, 0.1) is 30.9 Å². The Kier molecular flexibility index (Phi) is 6.05. The lowest BCUT2D eigenvalue weighted by molar-refractivity contribution is 0.125. The molecule has 0 aliphatic heterocycles. The van der Waals surface area contributed by atoms with Crippen molar-refractivity contribution in [2.45, 2.75) is 13.0 Å². The van der Waals surface area contributed by atoms with Gasteiger partial charge >= 0.3 is 6.09 Å². The molecule has 0 aliphatic carbocycles. The number of aromatic nitrogens is 3. The number of ether oxygens (including phenoxy) is 2. The van der Waals surface area contributed by atoms with Crippen LogP contribution in [0, 0.1) is 0 Å². The van der Waals surface area contributed by atoms with Gasteiger partial charge < -0.3 is 30.2 Å². The van der Waals surface area contributed by atoms with Crippen molar-refractivity contribution < 1.29 is 19.4 Å². The van der Waals surface area contributed by atoms with Gasteiger partial charge in [-0.2, -0.15) is 0 Å². The van der Waals surface area contributed by atoms with E-state index in [0.29, 0.717) is 44.1 Å². The van der Waals surface area contributed by atoms with Crippen molar-refractivity contribution in [3.05, 3.63) is 30.1 Å². The summed E-state index contributed by atoms with van der Waals surface area (Å²) in [6, 6.07) is 7.80. The number of rotatable bonds is 9. The molecule has 2 aromatic heterocycles. The summed E-state index contributed by atoms with van der Waals surface area (Å²) in [5.41, 5.74) is 8.56. The molecule has 9 heteroatoms. The number of para-hydroxylation sites is 1. The van der Waals surface area contributed by atoms with E-state index in [1.165, 1.54) is 0 Å². The average molecular weight is 373 g/mol. The fourth-order valence-electron chi connectivity index (χ4n) is 3.02. The Morgan fingerprint density at radius 2 is 2.07 bits per heavy atom. The molecule has 144 valence electrons. The number of methoxy groups -OCH3 is 1. The van der Waals surface area contributed by atoms with Gasteiger partial charge in [-0.15, -0.1) is 0 Å². The lowest BCUT2D eigenvalue weighted by Gasteiger charge is -2.11. The van der Waals surface area contributed by atoms with Gasteiger partial charge in [-0.1, -0.05) is 18.2 Å². The summed E-state index contributed by atoms with van der Waals surface area (Å²) in [5, 5.41) is 11.8. The summed E-state index contributed by atoms with van der Waals surface area (Å²) in [7, 11) is 1.65. The number of nitrogens with one attached hydrogen (secondary N) is 1. The number of nitrogen functional groups attached to an aromatic ring is 1. The summed E-state index contributed by atoms with van der Waals surface area (Å²) in [6.45, 7) is 2.07. The maximum atomic E-state index is 10.5. The number of carbonyl (C=O) groups is 1. The number of hydrogen-bond donors (Lipinski definition) is 3. The summed E-state index contributed by atoms with van der Waals surface area (Å²) >= 11 is 0. The second kappa shape index (κ2) is 8.65. The molecule has 1 aromatic carbocycles. The van der Waals surface area contributed by atoms with Crippen LogP contribution in [-0.4, -0.2) is 59.2 Å². The molecule has 1 amide bonds. The number of imidazole rings is 1. The van der Waals surface area contributed by atoms with Crippen LogP contribution in [0.15, 0.2) is 24.3 Å². The lowest BCUT2D eigenvalue weighted by atomic mass is 10.2. The fraction of sp³-hybridized carbons (Fsp3) is 0.389. The molecule has 0 saturated carbocycles. The Hall–Kier alpha value is -2.91. The van der Waals surface area contributed by atoms with E-state index in [0.717, 1.165) is 22.2 Å². The molecule has 3 aromatic rings. The molecular weight excluding hydrogens is 350 g/mol. The molecular formula is C18H23N5O4. The van der Waals surface area contributed by atoms with Crippen LogP contribution in [-0.2, 0) is 22.4 Å². The zero-order chi connectivity index (χ0) is 19.2. The van der Waals surface area contributed by atoms with Crippen LogP contribution in [0.2, 0.25) is 0 Å². The molecule has 0 saturated heterocycles. The molecule has 9 nitrogen and oxygen atoms in total. The Bertz CT molecular complexity index is 940. The maximum Gasteiger partial charge on any atom is 0.404 e. The third-order valence-electron chi connectivity index (χ3n) is 4.20. The second-order valence-electron chi connectivity index (χ2n) is 5.98. The largest absolute Gasteiger partial charge is 0.465 e. The van der Waals surface area contributed by atoms with E-state index in [2.05, 4.69) is 19.9 Å². The summed E-state index contributed by atoms with van der Waals surface area (Å²) < 4.78 is 12.8. The molecule has 0 aliphatic rings. The van der Waals surface area contributed by atoms with Gasteiger partial charge in [0, 0.05) is 32.0 Å². The lowest BCUT2D eigenvalue weighted by Crippen LogP contribution is -2.25. The number of pyridine rings is 1. The molecule has 27 heavy (non-hydrogen) atoms. The van der Waals surface area contributed by atoms with Crippen LogP contribution in [0.1, 0.15) is 5.82 Å². The van der Waals surface area contributed by atoms with Gasteiger partial charge in [-0.25, -0.2) is 14.8 Å². The Labute approximate surface area is 156 Å². The van der Waals surface area contributed by atoms with Crippen LogP contribution >= 0.6 is 0 Å². The van der Waals surface area contributed by atoms with Crippen molar-refractivity contribution in [1.82, 2.24) is 19.9 Å². The molecule has 0 spiro atoms. The second-order valence-corrected chi connectivity index (χ2v) is 5.98. The van der Waals surface area contributed by atoms with E-state index in [9.17, 15) is 4.79 Å². The summed E-state index contributed by atoms with van der Waals surface area (Å²) in [4.78, 5) is 19.6. The van der Waals surface area contributed by atoms with Crippen molar-refractivity contribution in [3.63, 3.8) is 0 Å². The number of nitrogens with two attached hydrogens (primary N) is 1. The first-order chi connectivity index (χ1) is 13.1. The minimum Gasteiger partial charge on any atom is -0.465 e. The van der Waals surface area contributed by atoms with E-state index in [4.69, 9.17) is 20.3 Å². The first-order valence-electron chi connectivity index (χ1n) is 8.68. The van der Waals surface area contributed by atoms with Crippen molar-refractivity contribution >= 4 is 33.8 Å². The van der Waals surface area contributed by atoms with Gasteiger partial charge in [0.2, 0.25) is 0 Å². The van der Waals surface area contributed by atoms with Crippen molar-refractivity contribution in [3.8, 4) is 0 Å². The standard InChI is InChI=1S/C18H23N5O4/c1-26-9-6-14-22-15-16(12-4-2-3-5-13(12)21-17(15)19)23(14)8-11-27-10-7-20-18(24)25/h2-5,20H,6-11H2,1H3,(H2,19,21)(H,24,25). The van der Waals surface area contributed by atoms with E-state index in [1.54, 1.807) is 7.11 Å². The van der Waals surface area contributed by atoms with E-state index in [-0.39, 0.29) is 6.54 Å². The van der Waals surface area contributed by atoms with E-state index in [1.807, 2.05) is 24.3 Å². The predicted molar refractivity (Wildman–Crippen MR) is 102 cm³/mol. The number of amides is 1. The van der Waals surface area contributed by atoms with Gasteiger partial charge in [0.1, 0.15) is 11.3 Å². The minimum absolute atomic E-state index is 0.246. The number of carboxylic acid groups (broad SMARTS) is 1. The Morgan fingerprint density at radius 1 is 1.26 bits per heavy atom. The van der Waals surface area contributed by atoms with Gasteiger partial charge in [0.25, 0.3) is 0 Å². The van der Waals surface area contributed by atoms with Crippen LogP contribution < -0.4 is 11.1 Å². The molecule has 0 radical (unpaired) electrons. The summed E-state index contributed by atoms with van der Waals surface area (Å²) in [5.74, 6) is 1.25. The normalized spacial score (nSPS) is 11.3. The van der Waals surface area contributed by atoms with E-state index >= 15 is 0 Å². The molecule has 2 heterocycles. The highest BCUT2D eigenvalue weighted by atomic mass is 16.5. The number of hydrogen-bond acceptors (Lipinski definition) is 6. The predicted octanol–water partition coefficient (Wildman–Crippen LogP) is 1.64. The third-order valence-corrected chi connectivity index (χ3v) is 4.20. The topological polar surface area (TPSA) is 125 Å². The van der Waals surface area contributed by atoms with Gasteiger partial charge in [-0.05, 0) is 6.07 Å². The third kappa shape index (κ3) is 4.26. The van der Waals surface area contributed by atoms with Crippen LogP contribution in [0.25, 0.3) is 21.9 Å². The number of benzene rings is 1. The highest BCUT2D eigenvalue weighted by molar-refractivity contribution is 6.06. The average Bonchev–Trinajstić information content (AvgIpc) is 3.02. The van der Waals surface area contributed by atoms with Crippen LogP contribution in [0.5, 0.6) is 0 Å². The molecule has 0 unspecified atom stereocenters. The SMILES string of the molecule is COCCc1nc2c(N)nc3ccccc3c2n1CCOCCNC(=O)O. The molecule has 3 rings (SSSR count). The van der Waals surface area contributed by atoms with Crippen molar-refractivity contribution in [1.29, 1.82) is 0 Å². The highest BCUT2D eigenvalue weighted by Gasteiger charge is 2.17. The highest BCUT2D eigenvalue weighted by Crippen LogP contribution is 2.28. The Balaban J connectivity index is 1.89. The Morgan fingerprint density at radius 3 is 2.85 bits per heavy atom. The summed E-state index contributed by atoms with van der Waals surface area (Å²) in [6.07, 6.45) is -0.421. The molecule has 0 bridgehead atoms. The van der Waals surface area contributed by atoms with E-state index < -0.39 is 6.09 Å². The zero-order valence-corrected chi connectivity index (χ0v) is 15.1. The van der Waals surface area contributed by atoms with Crippen molar-refractivity contribution in [2.24, 2.45) is 0 Å². The van der Waals surface area contributed by atoms with Crippen molar-refractivity contribution in [2.75, 3.05) is 39.2 Å². The number of nitrogens with zero attached hydrogens (tertiary/aromatic N) is 3. The monoisotopic (exact) mass is 373 g/mol. The molecule has 0 atom stereocenters. The maximum absolute atomic E-state index is 10.5. The van der Waals surface area contributed by atoms with Crippen LogP contribution in [0.4, 0.5) is 10.6 Å². The molecule has 4 N–H and O–H groups in total. The van der Waals surface area contributed by atoms with Crippen LogP contribution in [0.3, 0.4) is 0 Å². The minimum atomic E-state index is -1.06.